The molecule has 1 atom stereocenters. The first kappa shape index (κ1) is 27.8. The van der Waals surface area contributed by atoms with Crippen molar-refractivity contribution >= 4 is 23.2 Å². The van der Waals surface area contributed by atoms with E-state index in [0.717, 1.165) is 11.6 Å². The molecule has 8 nitrogen and oxygen atoms in total. The number of methoxy groups -OCH3 is 2. The topological polar surface area (TPSA) is 97.9 Å². The Labute approximate surface area is 223 Å². The van der Waals surface area contributed by atoms with Crippen LogP contribution in [0.4, 0.5) is 24.5 Å². The lowest BCUT2D eigenvalue weighted by molar-refractivity contribution is -0.137. The van der Waals surface area contributed by atoms with Crippen LogP contribution in [-0.2, 0) is 22.3 Å². The van der Waals surface area contributed by atoms with Crippen LogP contribution in [0.1, 0.15) is 27.9 Å². The van der Waals surface area contributed by atoms with Crippen molar-refractivity contribution < 1.29 is 37.0 Å². The fourth-order valence-electron chi connectivity index (χ4n) is 4.18. The van der Waals surface area contributed by atoms with Gasteiger partial charge in [0.1, 0.15) is 17.0 Å². The van der Waals surface area contributed by atoms with E-state index in [9.17, 15) is 22.8 Å². The molecule has 1 heterocycles. The summed E-state index contributed by atoms with van der Waals surface area (Å²) in [5.41, 5.74) is -0.644. The molecule has 0 unspecified atom stereocenters. The zero-order chi connectivity index (χ0) is 28.0. The van der Waals surface area contributed by atoms with Gasteiger partial charge in [-0.3, -0.25) is 9.59 Å². The number of hydrogen-bond acceptors (Lipinski definition) is 6. The van der Waals surface area contributed by atoms with E-state index in [1.54, 1.807) is 42.5 Å². The Morgan fingerprint density at radius 1 is 0.974 bits per heavy atom. The molecule has 0 radical (unpaired) electrons. The average Bonchev–Trinajstić information content (AvgIpc) is 3.41. The standard InChI is InChI=1S/C28H28F3N3O5/c1-37-21-13-19(14-22(15-21)38-2)25(35)34-27(11-12-39-17-27)26(36)32-16-18-7-9-20(10-8-18)33-24-6-4-3-5-23(24)28(29,30)31/h3-10,13-15,33H,11-12,16-17H2,1-2H3,(H,32,36)(H,34,35)/t27-/m0/s1. The summed E-state index contributed by atoms with van der Waals surface area (Å²) in [5.74, 6) is -0.0343. The van der Waals surface area contributed by atoms with Crippen molar-refractivity contribution in [3.05, 3.63) is 83.4 Å². The van der Waals surface area contributed by atoms with Gasteiger partial charge in [0, 0.05) is 36.9 Å². The van der Waals surface area contributed by atoms with Gasteiger partial charge < -0.3 is 30.2 Å². The molecule has 0 aliphatic carbocycles. The van der Waals surface area contributed by atoms with Crippen LogP contribution in [0.5, 0.6) is 11.5 Å². The number of carbonyl (C=O) groups is 2. The predicted octanol–water partition coefficient (Wildman–Crippen LogP) is 4.67. The van der Waals surface area contributed by atoms with Crippen molar-refractivity contribution in [3.8, 4) is 11.5 Å². The van der Waals surface area contributed by atoms with Gasteiger partial charge in [-0.1, -0.05) is 24.3 Å². The summed E-state index contributed by atoms with van der Waals surface area (Å²) in [6.45, 7) is 0.449. The monoisotopic (exact) mass is 543 g/mol. The number of benzene rings is 3. The molecule has 1 aliphatic rings. The van der Waals surface area contributed by atoms with Crippen LogP contribution in [0.2, 0.25) is 0 Å². The maximum absolute atomic E-state index is 13.3. The van der Waals surface area contributed by atoms with Gasteiger partial charge in [-0.2, -0.15) is 13.2 Å². The zero-order valence-corrected chi connectivity index (χ0v) is 21.4. The summed E-state index contributed by atoms with van der Waals surface area (Å²) >= 11 is 0. The number of para-hydroxylation sites is 1. The molecule has 1 fully saturated rings. The molecular weight excluding hydrogens is 515 g/mol. The second kappa shape index (κ2) is 11.6. The van der Waals surface area contributed by atoms with Crippen LogP contribution in [0.3, 0.4) is 0 Å². The molecule has 39 heavy (non-hydrogen) atoms. The third-order valence-electron chi connectivity index (χ3n) is 6.34. The number of carbonyl (C=O) groups excluding carboxylic acids is 2. The summed E-state index contributed by atoms with van der Waals surface area (Å²) in [6, 6.07) is 16.6. The zero-order valence-electron chi connectivity index (χ0n) is 21.4. The Hall–Kier alpha value is -4.25. The Bertz CT molecular complexity index is 1300. The van der Waals surface area contributed by atoms with Crippen molar-refractivity contribution in [3.63, 3.8) is 0 Å². The lowest BCUT2D eigenvalue weighted by atomic mass is 9.96. The van der Waals surface area contributed by atoms with Crippen molar-refractivity contribution in [1.29, 1.82) is 0 Å². The lowest BCUT2D eigenvalue weighted by Gasteiger charge is -2.27. The van der Waals surface area contributed by atoms with E-state index in [1.807, 2.05) is 0 Å². The van der Waals surface area contributed by atoms with Crippen molar-refractivity contribution in [2.24, 2.45) is 0 Å². The van der Waals surface area contributed by atoms with E-state index in [0.29, 0.717) is 23.8 Å². The van der Waals surface area contributed by atoms with E-state index < -0.39 is 29.1 Å². The quantitative estimate of drug-likeness (QED) is 0.363. The first-order chi connectivity index (χ1) is 18.6. The minimum absolute atomic E-state index is 0.00709. The third kappa shape index (κ3) is 6.61. The number of ether oxygens (including phenoxy) is 3. The van der Waals surface area contributed by atoms with Gasteiger partial charge in [0.05, 0.1) is 32.1 Å². The molecule has 2 amide bonds. The summed E-state index contributed by atoms with van der Waals surface area (Å²) < 4.78 is 55.7. The van der Waals surface area contributed by atoms with Crippen LogP contribution in [-0.4, -0.2) is 44.8 Å². The van der Waals surface area contributed by atoms with E-state index in [-0.39, 0.29) is 30.8 Å². The average molecular weight is 544 g/mol. The normalized spacial score (nSPS) is 16.8. The molecule has 206 valence electrons. The highest BCUT2D eigenvalue weighted by Crippen LogP contribution is 2.36. The fraction of sp³-hybridized carbons (Fsp3) is 0.286. The summed E-state index contributed by atoms with van der Waals surface area (Å²) in [5, 5.41) is 8.43. The molecule has 0 aromatic heterocycles. The molecule has 1 aliphatic heterocycles. The maximum Gasteiger partial charge on any atom is 0.418 e. The molecular formula is C28H28F3N3O5. The van der Waals surface area contributed by atoms with Crippen LogP contribution in [0, 0.1) is 0 Å². The highest BCUT2D eigenvalue weighted by Gasteiger charge is 2.44. The van der Waals surface area contributed by atoms with Gasteiger partial charge in [-0.05, 0) is 42.0 Å². The van der Waals surface area contributed by atoms with Crippen molar-refractivity contribution in [2.75, 3.05) is 32.8 Å². The number of halogens is 3. The number of anilines is 2. The summed E-state index contributed by atoms with van der Waals surface area (Å²) in [4.78, 5) is 26.3. The van der Waals surface area contributed by atoms with Gasteiger partial charge >= 0.3 is 6.18 Å². The second-order valence-corrected chi connectivity index (χ2v) is 8.99. The predicted molar refractivity (Wildman–Crippen MR) is 138 cm³/mol. The van der Waals surface area contributed by atoms with E-state index >= 15 is 0 Å². The van der Waals surface area contributed by atoms with Crippen LogP contribution in [0.15, 0.2) is 66.7 Å². The maximum atomic E-state index is 13.3. The van der Waals surface area contributed by atoms with Crippen molar-refractivity contribution in [2.45, 2.75) is 24.7 Å². The van der Waals surface area contributed by atoms with Gasteiger partial charge in [-0.25, -0.2) is 0 Å². The Morgan fingerprint density at radius 2 is 1.64 bits per heavy atom. The number of alkyl halides is 3. The molecule has 0 saturated carbocycles. The molecule has 0 bridgehead atoms. The number of amides is 2. The Morgan fingerprint density at radius 3 is 2.23 bits per heavy atom. The second-order valence-electron chi connectivity index (χ2n) is 8.99. The van der Waals surface area contributed by atoms with E-state index in [1.165, 1.54) is 32.4 Å². The smallest absolute Gasteiger partial charge is 0.418 e. The third-order valence-corrected chi connectivity index (χ3v) is 6.34. The molecule has 0 spiro atoms. The van der Waals surface area contributed by atoms with E-state index in [2.05, 4.69) is 16.0 Å². The van der Waals surface area contributed by atoms with Crippen LogP contribution >= 0.6 is 0 Å². The molecule has 11 heteroatoms. The van der Waals surface area contributed by atoms with Gasteiger partial charge in [0.25, 0.3) is 5.91 Å². The van der Waals surface area contributed by atoms with Crippen LogP contribution < -0.4 is 25.4 Å². The van der Waals surface area contributed by atoms with E-state index in [4.69, 9.17) is 14.2 Å². The minimum atomic E-state index is -4.48. The highest BCUT2D eigenvalue weighted by atomic mass is 19.4. The SMILES string of the molecule is COc1cc(OC)cc(C(=O)N[C@@]2(C(=O)NCc3ccc(Nc4ccccc4C(F)(F)F)cc3)CCOC2)c1. The number of nitrogens with one attached hydrogen (secondary N) is 3. The first-order valence-corrected chi connectivity index (χ1v) is 12.1. The summed E-state index contributed by atoms with van der Waals surface area (Å²) in [6.07, 6.45) is -4.20. The highest BCUT2D eigenvalue weighted by molar-refractivity contribution is 6.00. The van der Waals surface area contributed by atoms with Gasteiger partial charge in [-0.15, -0.1) is 0 Å². The molecule has 1 saturated heterocycles. The lowest BCUT2D eigenvalue weighted by Crippen LogP contribution is -2.59. The van der Waals surface area contributed by atoms with Gasteiger partial charge in [0.15, 0.2) is 0 Å². The Kier molecular flexibility index (Phi) is 8.29. The fourth-order valence-corrected chi connectivity index (χ4v) is 4.18. The molecule has 3 N–H and O–H groups in total. The largest absolute Gasteiger partial charge is 0.497 e. The first-order valence-electron chi connectivity index (χ1n) is 12.1. The number of rotatable bonds is 9. The minimum Gasteiger partial charge on any atom is -0.497 e. The molecule has 4 rings (SSSR count). The van der Waals surface area contributed by atoms with Gasteiger partial charge in [0.2, 0.25) is 5.91 Å². The van der Waals surface area contributed by atoms with Crippen LogP contribution in [0.25, 0.3) is 0 Å². The molecule has 3 aromatic carbocycles. The Balaban J connectivity index is 1.41. The summed E-state index contributed by atoms with van der Waals surface area (Å²) in [7, 11) is 2.94. The number of hydrogen-bond donors (Lipinski definition) is 3. The molecule has 3 aromatic rings. The van der Waals surface area contributed by atoms with Crippen molar-refractivity contribution in [1.82, 2.24) is 10.6 Å².